The number of halogens is 1. The first kappa shape index (κ1) is 23.1. The quantitative estimate of drug-likeness (QED) is 0.232. The number of hydrogen-bond donors (Lipinski definition) is 2. The molecule has 156 valence electrons. The van der Waals surface area contributed by atoms with E-state index in [1.807, 2.05) is 11.3 Å². The predicted molar refractivity (Wildman–Crippen MR) is 126 cm³/mol. The lowest BCUT2D eigenvalue weighted by Gasteiger charge is -2.12. The number of aryl methyl sites for hydroxylation is 4. The van der Waals surface area contributed by atoms with E-state index >= 15 is 0 Å². The average molecular weight is 517 g/mol. The number of nitrogens with zero attached hydrogens (tertiary/aromatic N) is 5. The van der Waals surface area contributed by atoms with Gasteiger partial charge in [0.1, 0.15) is 12.2 Å². The van der Waals surface area contributed by atoms with Gasteiger partial charge in [-0.3, -0.25) is 4.99 Å². The van der Waals surface area contributed by atoms with Gasteiger partial charge in [-0.1, -0.05) is 6.92 Å². The van der Waals surface area contributed by atoms with Gasteiger partial charge in [-0.05, 0) is 39.0 Å². The van der Waals surface area contributed by atoms with E-state index in [1.165, 1.54) is 41.3 Å². The van der Waals surface area contributed by atoms with Gasteiger partial charge in [-0.15, -0.1) is 45.5 Å². The van der Waals surface area contributed by atoms with Crippen LogP contribution in [0.25, 0.3) is 0 Å². The number of fused-ring (bicyclic) bond motifs is 1. The molecule has 0 radical (unpaired) electrons. The second-order valence-electron chi connectivity index (χ2n) is 6.77. The summed E-state index contributed by atoms with van der Waals surface area (Å²) in [5.41, 5.74) is 1.36. The maximum Gasteiger partial charge on any atom is 0.191 e. The van der Waals surface area contributed by atoms with E-state index in [0.717, 1.165) is 57.2 Å². The molecule has 0 saturated heterocycles. The van der Waals surface area contributed by atoms with Crippen molar-refractivity contribution in [2.24, 2.45) is 4.99 Å². The third-order valence-electron chi connectivity index (χ3n) is 4.71. The van der Waals surface area contributed by atoms with Crippen LogP contribution in [0.5, 0.6) is 0 Å². The molecular weight excluding hydrogens is 485 g/mol. The minimum Gasteiger partial charge on any atom is -0.357 e. The minimum atomic E-state index is 0. The van der Waals surface area contributed by atoms with Crippen molar-refractivity contribution in [3.05, 3.63) is 27.7 Å². The Labute approximate surface area is 188 Å². The zero-order valence-corrected chi connectivity index (χ0v) is 20.1. The Morgan fingerprint density at radius 2 is 2.11 bits per heavy atom. The van der Waals surface area contributed by atoms with Crippen LogP contribution in [0, 0.1) is 0 Å². The second-order valence-corrected chi connectivity index (χ2v) is 7.94. The Kier molecular flexibility index (Phi) is 10.2. The molecule has 0 amide bonds. The molecule has 28 heavy (non-hydrogen) atoms. The summed E-state index contributed by atoms with van der Waals surface area (Å²) in [6.45, 7) is 7.50. The van der Waals surface area contributed by atoms with Crippen LogP contribution in [0.1, 0.15) is 54.5 Å². The normalized spacial score (nSPS) is 13.7. The summed E-state index contributed by atoms with van der Waals surface area (Å²) in [6, 6.07) is 0. The molecule has 0 bridgehead atoms. The van der Waals surface area contributed by atoms with Gasteiger partial charge in [0.25, 0.3) is 0 Å². The van der Waals surface area contributed by atoms with Crippen molar-refractivity contribution in [2.75, 3.05) is 19.6 Å². The molecule has 0 aromatic carbocycles. The zero-order valence-electron chi connectivity index (χ0n) is 16.9. The lowest BCUT2D eigenvalue weighted by Crippen LogP contribution is -2.39. The van der Waals surface area contributed by atoms with Crippen molar-refractivity contribution in [1.82, 2.24) is 30.4 Å². The number of hydrogen-bond acceptors (Lipinski definition) is 5. The maximum absolute atomic E-state index is 4.82. The van der Waals surface area contributed by atoms with Gasteiger partial charge in [-0.2, -0.15) is 0 Å². The smallest absolute Gasteiger partial charge is 0.191 e. The third-order valence-corrected chi connectivity index (χ3v) is 5.93. The van der Waals surface area contributed by atoms with Crippen LogP contribution in [0.2, 0.25) is 0 Å². The number of aromatic nitrogens is 4. The van der Waals surface area contributed by atoms with Crippen molar-refractivity contribution in [3.8, 4) is 0 Å². The molecule has 0 atom stereocenters. The van der Waals surface area contributed by atoms with Crippen molar-refractivity contribution < 1.29 is 0 Å². The van der Waals surface area contributed by atoms with E-state index in [0.29, 0.717) is 0 Å². The summed E-state index contributed by atoms with van der Waals surface area (Å²) in [7, 11) is 0. The van der Waals surface area contributed by atoms with Gasteiger partial charge in [-0.25, -0.2) is 4.98 Å². The minimum absolute atomic E-state index is 0. The third kappa shape index (κ3) is 6.68. The van der Waals surface area contributed by atoms with Crippen LogP contribution in [-0.4, -0.2) is 45.3 Å². The van der Waals surface area contributed by atoms with Crippen molar-refractivity contribution >= 4 is 41.3 Å². The standard InChI is InChI=1S/C19H31N7S.HI/c1-3-17-25-23-14-26(17)13-12-22-19(20-4-2)21-11-7-10-18-24-15-8-5-6-9-16(15)27-18;/h14H,3-13H2,1-2H3,(H2,20,21,22);1H. The first-order valence-corrected chi connectivity index (χ1v) is 11.0. The molecule has 0 unspecified atom stereocenters. The SMILES string of the molecule is CCNC(=NCCCc1nc2c(s1)CCCC2)NCCn1cnnc1CC.I. The van der Waals surface area contributed by atoms with Gasteiger partial charge in [0.05, 0.1) is 10.7 Å². The van der Waals surface area contributed by atoms with Crippen molar-refractivity contribution in [1.29, 1.82) is 0 Å². The molecule has 3 rings (SSSR count). The fourth-order valence-electron chi connectivity index (χ4n) is 3.31. The van der Waals surface area contributed by atoms with Gasteiger partial charge >= 0.3 is 0 Å². The lowest BCUT2D eigenvalue weighted by atomic mass is 10.0. The van der Waals surface area contributed by atoms with E-state index < -0.39 is 0 Å². The molecule has 0 spiro atoms. The summed E-state index contributed by atoms with van der Waals surface area (Å²) >= 11 is 1.91. The zero-order chi connectivity index (χ0) is 18.9. The summed E-state index contributed by atoms with van der Waals surface area (Å²) < 4.78 is 2.08. The molecular formula is C19H32IN7S. The van der Waals surface area contributed by atoms with E-state index in [2.05, 4.69) is 39.2 Å². The molecule has 2 N–H and O–H groups in total. The number of guanidine groups is 1. The molecule has 1 aliphatic rings. The fourth-order valence-corrected chi connectivity index (χ4v) is 4.51. The van der Waals surface area contributed by atoms with Crippen LogP contribution >= 0.6 is 35.3 Å². The van der Waals surface area contributed by atoms with Gasteiger partial charge in [0.2, 0.25) is 0 Å². The summed E-state index contributed by atoms with van der Waals surface area (Å²) in [6.07, 6.45) is 9.77. The van der Waals surface area contributed by atoms with Crippen LogP contribution in [0.15, 0.2) is 11.3 Å². The molecule has 2 aromatic heterocycles. The second kappa shape index (κ2) is 12.4. The summed E-state index contributed by atoms with van der Waals surface area (Å²) in [5.74, 6) is 1.90. The highest BCUT2D eigenvalue weighted by Gasteiger charge is 2.14. The molecule has 1 aliphatic carbocycles. The number of thiazole rings is 1. The largest absolute Gasteiger partial charge is 0.357 e. The van der Waals surface area contributed by atoms with E-state index in [4.69, 9.17) is 9.98 Å². The van der Waals surface area contributed by atoms with Crippen LogP contribution in [0.3, 0.4) is 0 Å². The number of rotatable bonds is 9. The summed E-state index contributed by atoms with van der Waals surface area (Å²) in [5, 5.41) is 16.1. The molecule has 7 nitrogen and oxygen atoms in total. The van der Waals surface area contributed by atoms with E-state index in [9.17, 15) is 0 Å². The topological polar surface area (TPSA) is 80.0 Å². The Hall–Kier alpha value is -1.23. The highest BCUT2D eigenvalue weighted by atomic mass is 127. The monoisotopic (exact) mass is 517 g/mol. The van der Waals surface area contributed by atoms with Crippen LogP contribution in [-0.2, 0) is 32.2 Å². The highest BCUT2D eigenvalue weighted by Crippen LogP contribution is 2.27. The van der Waals surface area contributed by atoms with Crippen LogP contribution in [0.4, 0.5) is 0 Å². The van der Waals surface area contributed by atoms with Gasteiger partial charge in [0, 0.05) is 43.9 Å². The average Bonchev–Trinajstić information content (AvgIpc) is 3.31. The fraction of sp³-hybridized carbons (Fsp3) is 0.684. The molecule has 9 heteroatoms. The molecule has 0 saturated carbocycles. The molecule has 0 fully saturated rings. The Morgan fingerprint density at radius 1 is 1.25 bits per heavy atom. The number of nitrogens with one attached hydrogen (secondary N) is 2. The highest BCUT2D eigenvalue weighted by molar-refractivity contribution is 14.0. The Morgan fingerprint density at radius 3 is 2.89 bits per heavy atom. The van der Waals surface area contributed by atoms with Crippen LogP contribution < -0.4 is 10.6 Å². The Bertz CT molecular complexity index is 717. The molecule has 2 aromatic rings. The van der Waals surface area contributed by atoms with Crippen molar-refractivity contribution in [3.63, 3.8) is 0 Å². The molecule has 0 aliphatic heterocycles. The van der Waals surface area contributed by atoms with Gasteiger partial charge in [0.15, 0.2) is 5.96 Å². The first-order valence-electron chi connectivity index (χ1n) is 10.2. The number of aliphatic imine (C=N–C) groups is 1. The summed E-state index contributed by atoms with van der Waals surface area (Å²) in [4.78, 5) is 11.0. The molecule has 2 heterocycles. The predicted octanol–water partition coefficient (Wildman–Crippen LogP) is 2.98. The Balaban J connectivity index is 0.00000280. The lowest BCUT2D eigenvalue weighted by molar-refractivity contribution is 0.632. The van der Waals surface area contributed by atoms with E-state index in [-0.39, 0.29) is 24.0 Å². The van der Waals surface area contributed by atoms with E-state index in [1.54, 1.807) is 6.33 Å². The first-order chi connectivity index (χ1) is 13.3. The van der Waals surface area contributed by atoms with Gasteiger partial charge < -0.3 is 15.2 Å². The van der Waals surface area contributed by atoms with Crippen molar-refractivity contribution in [2.45, 2.75) is 65.3 Å². The maximum atomic E-state index is 4.82.